The van der Waals surface area contributed by atoms with Gasteiger partial charge in [-0.25, -0.2) is 4.39 Å². The van der Waals surface area contributed by atoms with Gasteiger partial charge in [0, 0.05) is 10.2 Å². The summed E-state index contributed by atoms with van der Waals surface area (Å²) in [5.74, 6) is -0.322. The lowest BCUT2D eigenvalue weighted by Gasteiger charge is -2.31. The Bertz CT molecular complexity index is 603. The van der Waals surface area contributed by atoms with E-state index in [1.165, 1.54) is 6.07 Å². The third-order valence-corrected chi connectivity index (χ3v) is 4.27. The van der Waals surface area contributed by atoms with Crippen molar-refractivity contribution in [3.8, 4) is 0 Å². The van der Waals surface area contributed by atoms with Gasteiger partial charge in [0.1, 0.15) is 5.82 Å². The van der Waals surface area contributed by atoms with Gasteiger partial charge in [-0.2, -0.15) is 0 Å². The average molecular weight is 403 g/mol. The quantitative estimate of drug-likeness (QED) is 0.778. The number of hydrogen-bond acceptors (Lipinski definition) is 2. The van der Waals surface area contributed by atoms with Gasteiger partial charge in [-0.15, -0.1) is 0 Å². The van der Waals surface area contributed by atoms with Crippen LogP contribution in [0.2, 0.25) is 0 Å². The molecule has 5 heteroatoms. The Morgan fingerprint density at radius 1 is 1.15 bits per heavy atom. The lowest BCUT2D eigenvalue weighted by atomic mass is 9.92. The van der Waals surface area contributed by atoms with Crippen LogP contribution in [0.1, 0.15) is 12.5 Å². The van der Waals surface area contributed by atoms with Crippen molar-refractivity contribution in [1.29, 1.82) is 0 Å². The van der Waals surface area contributed by atoms with Crippen molar-refractivity contribution in [2.45, 2.75) is 12.5 Å². The van der Waals surface area contributed by atoms with Gasteiger partial charge >= 0.3 is 0 Å². The van der Waals surface area contributed by atoms with E-state index in [-0.39, 0.29) is 12.4 Å². The molecular weight excluding hydrogens is 389 g/mol. The second kappa shape index (κ2) is 6.24. The van der Waals surface area contributed by atoms with E-state index in [4.69, 9.17) is 0 Å². The van der Waals surface area contributed by atoms with Gasteiger partial charge in [-0.3, -0.25) is 0 Å². The van der Waals surface area contributed by atoms with Gasteiger partial charge in [0.05, 0.1) is 16.6 Å². The summed E-state index contributed by atoms with van der Waals surface area (Å²) in [7, 11) is 0. The number of anilines is 1. The van der Waals surface area contributed by atoms with Crippen LogP contribution in [0.5, 0.6) is 0 Å². The highest BCUT2D eigenvalue weighted by molar-refractivity contribution is 9.10. The van der Waals surface area contributed by atoms with Crippen molar-refractivity contribution < 1.29 is 9.50 Å². The Labute approximate surface area is 134 Å². The Morgan fingerprint density at radius 3 is 2.35 bits per heavy atom. The fourth-order valence-electron chi connectivity index (χ4n) is 1.89. The van der Waals surface area contributed by atoms with E-state index in [1.807, 2.05) is 31.2 Å². The minimum absolute atomic E-state index is 0.110. The van der Waals surface area contributed by atoms with Crippen LogP contribution in [0, 0.1) is 5.82 Å². The molecule has 0 aliphatic carbocycles. The molecule has 0 heterocycles. The Balaban J connectivity index is 2.32. The summed E-state index contributed by atoms with van der Waals surface area (Å²) in [5, 5.41) is 13.0. The minimum atomic E-state index is -0.690. The maximum atomic E-state index is 13.3. The van der Waals surface area contributed by atoms with Crippen molar-refractivity contribution in [3.05, 3.63) is 62.8 Å². The van der Waals surface area contributed by atoms with Gasteiger partial charge in [0.2, 0.25) is 0 Å². The van der Waals surface area contributed by atoms with Crippen molar-refractivity contribution in [2.75, 3.05) is 11.9 Å². The number of rotatable bonds is 4. The summed E-state index contributed by atoms with van der Waals surface area (Å²) in [6, 6.07) is 12.4. The van der Waals surface area contributed by atoms with Gasteiger partial charge in [-0.05, 0) is 64.8 Å². The maximum Gasteiger partial charge on any atom is 0.137 e. The number of hydrogen-bond donors (Lipinski definition) is 2. The van der Waals surface area contributed by atoms with Crippen LogP contribution in [0.3, 0.4) is 0 Å². The van der Waals surface area contributed by atoms with E-state index in [0.29, 0.717) is 4.47 Å². The van der Waals surface area contributed by atoms with E-state index in [1.54, 1.807) is 12.1 Å². The van der Waals surface area contributed by atoms with Crippen molar-refractivity contribution in [3.63, 3.8) is 0 Å². The molecule has 2 nitrogen and oxygen atoms in total. The molecule has 1 unspecified atom stereocenters. The number of benzene rings is 2. The molecule has 0 amide bonds. The maximum absolute atomic E-state index is 13.3. The van der Waals surface area contributed by atoms with Gasteiger partial charge in [-0.1, -0.05) is 22.0 Å². The first kappa shape index (κ1) is 15.5. The van der Waals surface area contributed by atoms with Crippen LogP contribution in [0.4, 0.5) is 10.1 Å². The zero-order chi connectivity index (χ0) is 14.8. The van der Waals surface area contributed by atoms with Crippen molar-refractivity contribution >= 4 is 37.5 Å². The number of halogens is 3. The average Bonchev–Trinajstić information content (AvgIpc) is 2.44. The summed E-state index contributed by atoms with van der Waals surface area (Å²) < 4.78 is 14.7. The van der Waals surface area contributed by atoms with Crippen LogP contribution in [0.15, 0.2) is 51.4 Å². The first-order valence-corrected chi connectivity index (χ1v) is 7.63. The molecule has 0 aliphatic heterocycles. The molecule has 0 radical (unpaired) electrons. The highest BCUT2D eigenvalue weighted by Gasteiger charge is 2.26. The monoisotopic (exact) mass is 401 g/mol. The molecule has 0 aliphatic rings. The molecule has 106 valence electrons. The summed E-state index contributed by atoms with van der Waals surface area (Å²) in [4.78, 5) is 0. The van der Waals surface area contributed by atoms with Crippen molar-refractivity contribution in [2.24, 2.45) is 0 Å². The number of nitrogens with one attached hydrogen (secondary N) is 1. The Hall–Kier alpha value is -0.910. The van der Waals surface area contributed by atoms with Gasteiger partial charge in [0.15, 0.2) is 0 Å². The largest absolute Gasteiger partial charge is 0.394 e. The molecule has 2 N–H and O–H groups in total. The second-order valence-electron chi connectivity index (χ2n) is 4.75. The third-order valence-electron chi connectivity index (χ3n) is 3.14. The predicted octanol–water partition coefficient (Wildman–Crippen LogP) is 4.67. The molecule has 0 saturated carbocycles. The second-order valence-corrected chi connectivity index (χ2v) is 6.52. The highest BCUT2D eigenvalue weighted by atomic mass is 79.9. The zero-order valence-corrected chi connectivity index (χ0v) is 14.0. The Morgan fingerprint density at radius 2 is 1.80 bits per heavy atom. The molecule has 2 aromatic carbocycles. The van der Waals surface area contributed by atoms with Crippen LogP contribution >= 0.6 is 31.9 Å². The SMILES string of the molecule is CC(CO)(Nc1ccc(Br)cc1)c1ccc(F)c(Br)c1. The zero-order valence-electron chi connectivity index (χ0n) is 10.8. The summed E-state index contributed by atoms with van der Waals surface area (Å²) in [5.41, 5.74) is 0.991. The summed E-state index contributed by atoms with van der Waals surface area (Å²) in [6.45, 7) is 1.76. The van der Waals surface area contributed by atoms with Crippen LogP contribution in [-0.4, -0.2) is 11.7 Å². The molecule has 0 spiro atoms. The fourth-order valence-corrected chi connectivity index (χ4v) is 2.54. The van der Waals surface area contributed by atoms with Crippen LogP contribution in [-0.2, 0) is 5.54 Å². The highest BCUT2D eigenvalue weighted by Crippen LogP contribution is 2.29. The molecular formula is C15H14Br2FNO. The predicted molar refractivity (Wildman–Crippen MR) is 86.3 cm³/mol. The van der Waals surface area contributed by atoms with Crippen LogP contribution < -0.4 is 5.32 Å². The normalized spacial score (nSPS) is 13.8. The lowest BCUT2D eigenvalue weighted by Crippen LogP contribution is -2.35. The van der Waals surface area contributed by atoms with E-state index >= 15 is 0 Å². The topological polar surface area (TPSA) is 32.3 Å². The molecule has 0 bridgehead atoms. The lowest BCUT2D eigenvalue weighted by molar-refractivity contribution is 0.224. The van der Waals surface area contributed by atoms with Crippen molar-refractivity contribution in [1.82, 2.24) is 0 Å². The summed E-state index contributed by atoms with van der Waals surface area (Å²) >= 11 is 6.55. The molecule has 1 atom stereocenters. The Kier molecular flexibility index (Phi) is 4.83. The smallest absolute Gasteiger partial charge is 0.137 e. The van der Waals surface area contributed by atoms with E-state index in [9.17, 15) is 9.50 Å². The summed E-state index contributed by atoms with van der Waals surface area (Å²) in [6.07, 6.45) is 0. The fraction of sp³-hybridized carbons (Fsp3) is 0.200. The van der Waals surface area contributed by atoms with Crippen LogP contribution in [0.25, 0.3) is 0 Å². The molecule has 0 saturated heterocycles. The minimum Gasteiger partial charge on any atom is -0.394 e. The first-order chi connectivity index (χ1) is 9.44. The first-order valence-electron chi connectivity index (χ1n) is 6.05. The van der Waals surface area contributed by atoms with E-state index in [2.05, 4.69) is 37.2 Å². The molecule has 20 heavy (non-hydrogen) atoms. The molecule has 2 rings (SSSR count). The third kappa shape index (κ3) is 3.40. The van der Waals surface area contributed by atoms with E-state index in [0.717, 1.165) is 15.7 Å². The van der Waals surface area contributed by atoms with E-state index < -0.39 is 5.54 Å². The van der Waals surface area contributed by atoms with Gasteiger partial charge in [0.25, 0.3) is 0 Å². The molecule has 2 aromatic rings. The standard InChI is InChI=1S/C15H14Br2FNO/c1-15(9-20,10-2-7-14(18)13(17)8-10)19-12-5-3-11(16)4-6-12/h2-8,19-20H,9H2,1H3. The number of aliphatic hydroxyl groups excluding tert-OH is 1. The van der Waals surface area contributed by atoms with Gasteiger partial charge < -0.3 is 10.4 Å². The number of aliphatic hydroxyl groups is 1. The molecule has 0 aromatic heterocycles. The molecule has 0 fully saturated rings.